The summed E-state index contributed by atoms with van der Waals surface area (Å²) in [5.41, 5.74) is 4.84. The highest BCUT2D eigenvalue weighted by atomic mass is 32.2. The Labute approximate surface area is 262 Å². The molecule has 3 atom stereocenters. The topological polar surface area (TPSA) is 248 Å². The van der Waals surface area contributed by atoms with Crippen LogP contribution in [0.3, 0.4) is 0 Å². The number of aryl methyl sites for hydroxylation is 1. The number of nitrogens with one attached hydrogen (secondary N) is 3. The lowest BCUT2D eigenvalue weighted by Crippen LogP contribution is -2.71. The maximum absolute atomic E-state index is 13.8. The lowest BCUT2D eigenvalue weighted by molar-refractivity contribution is -0.150. The van der Waals surface area contributed by atoms with Gasteiger partial charge in [0.25, 0.3) is 17.4 Å². The lowest BCUT2D eigenvalue weighted by atomic mass is 10.0. The molecule has 45 heavy (non-hydrogen) atoms. The van der Waals surface area contributed by atoms with Gasteiger partial charge in [0.1, 0.15) is 28.6 Å². The van der Waals surface area contributed by atoms with Crippen molar-refractivity contribution in [3.63, 3.8) is 0 Å². The highest BCUT2D eigenvalue weighted by Gasteiger charge is 2.55. The number of furan rings is 1. The molecule has 2 aliphatic heterocycles. The predicted octanol–water partition coefficient (Wildman–Crippen LogP) is 0.0317. The Balaban J connectivity index is 1.38. The molecule has 0 radical (unpaired) electrons. The Kier molecular flexibility index (Phi) is 9.23. The molecule has 4 amide bonds. The van der Waals surface area contributed by atoms with E-state index in [4.69, 9.17) is 10.2 Å². The second kappa shape index (κ2) is 13.3. The van der Waals surface area contributed by atoms with E-state index < -0.39 is 46.8 Å². The minimum absolute atomic E-state index is 0.0513. The molecule has 3 aromatic rings. The zero-order valence-corrected chi connectivity index (χ0v) is 25.4. The van der Waals surface area contributed by atoms with Gasteiger partial charge in [0.2, 0.25) is 11.1 Å². The van der Waals surface area contributed by atoms with Gasteiger partial charge < -0.3 is 25.9 Å². The van der Waals surface area contributed by atoms with E-state index >= 15 is 0 Å². The minimum Gasteiger partial charge on any atom is -0.477 e. The Morgan fingerprint density at radius 2 is 2.18 bits per heavy atom. The van der Waals surface area contributed by atoms with Gasteiger partial charge in [0.15, 0.2) is 6.04 Å². The number of β-lactam (4-membered cyclic amide) rings is 1. The maximum Gasteiger partial charge on any atom is 0.352 e. The zero-order chi connectivity index (χ0) is 32.2. The number of aromatic amines is 1. The Morgan fingerprint density at radius 1 is 1.38 bits per heavy atom. The van der Waals surface area contributed by atoms with E-state index in [2.05, 4.69) is 36.1 Å². The van der Waals surface area contributed by atoms with E-state index in [9.17, 15) is 29.1 Å². The highest BCUT2D eigenvalue weighted by Crippen LogP contribution is 2.42. The monoisotopic (exact) mass is 657 g/mol. The summed E-state index contributed by atoms with van der Waals surface area (Å²) in [7, 11) is 1.65. The fraction of sp³-hybridized carbons (Fsp3) is 0.320. The molecule has 6 N–H and O–H groups in total. The molecule has 0 aromatic carbocycles. The second-order valence-corrected chi connectivity index (χ2v) is 11.6. The summed E-state index contributed by atoms with van der Waals surface area (Å²) < 4.78 is 6.87. The number of hydrogen-bond acceptors (Lipinski definition) is 13. The van der Waals surface area contributed by atoms with Crippen molar-refractivity contribution in [3.8, 4) is 0 Å². The number of aliphatic carboxylic acids is 1. The van der Waals surface area contributed by atoms with Crippen molar-refractivity contribution >= 4 is 59.0 Å². The number of fused-ring (bicyclic) bond motifs is 1. The number of carbonyl (C=O) groups is 4. The number of tetrazole rings is 1. The highest BCUT2D eigenvalue weighted by molar-refractivity contribution is 8.01. The summed E-state index contributed by atoms with van der Waals surface area (Å²) in [6, 6.07) is -1.05. The first-order valence-corrected chi connectivity index (χ1v) is 15.3. The first-order chi connectivity index (χ1) is 21.6. The summed E-state index contributed by atoms with van der Waals surface area (Å²) in [4.78, 5) is 73.5. The Hall–Kier alpha value is -5.11. The van der Waals surface area contributed by atoms with E-state index in [1.165, 1.54) is 46.6 Å². The number of rotatable bonds is 12. The fourth-order valence-corrected chi connectivity index (χ4v) is 6.99. The van der Waals surface area contributed by atoms with Crippen LogP contribution in [0.15, 0.2) is 62.4 Å². The molecule has 0 aliphatic carbocycles. The standard InChI is InChI=1S/C25H27N11O7S2/c1-3-4-7-27-24-28-9-13(18(37)30-24)35(23(26)42)17(14-6-5-8-43-14)19(38)29-15-20(39)36-16(22(40)41)12(10-44-21(15)36)11-45-25-31-32-33-34(25)2/h3-6,8-9,15,17,21H,7,10-11H2,1-2H3,(H2,26,42)(H,29,38)(H,40,41)(H2,27,28,30,37)/t15?,17?,21-/m0/s1. The molecular weight excluding hydrogens is 630 g/mol. The first-order valence-electron chi connectivity index (χ1n) is 13.2. The number of carbonyl (C=O) groups excluding carboxylic acids is 3. The molecule has 0 spiro atoms. The van der Waals surface area contributed by atoms with Crippen LogP contribution in [0.1, 0.15) is 18.7 Å². The molecule has 5 rings (SSSR count). The van der Waals surface area contributed by atoms with Gasteiger partial charge in [-0.15, -0.1) is 16.9 Å². The molecule has 0 bridgehead atoms. The number of thioether (sulfide) groups is 2. The molecule has 2 unspecified atom stereocenters. The van der Waals surface area contributed by atoms with Crippen molar-refractivity contribution in [2.24, 2.45) is 12.8 Å². The number of carboxylic acids is 1. The predicted molar refractivity (Wildman–Crippen MR) is 161 cm³/mol. The van der Waals surface area contributed by atoms with Gasteiger partial charge in [-0.05, 0) is 35.1 Å². The van der Waals surface area contributed by atoms with Crippen LogP contribution in [0.2, 0.25) is 0 Å². The quantitative estimate of drug-likeness (QED) is 0.0980. The average molecular weight is 658 g/mol. The minimum atomic E-state index is -1.61. The molecule has 0 saturated carbocycles. The third-order valence-electron chi connectivity index (χ3n) is 6.72. The van der Waals surface area contributed by atoms with E-state index in [-0.39, 0.29) is 34.6 Å². The summed E-state index contributed by atoms with van der Waals surface area (Å²) in [5, 5.41) is 26.4. The van der Waals surface area contributed by atoms with Gasteiger partial charge in [-0.3, -0.25) is 29.2 Å². The van der Waals surface area contributed by atoms with E-state index in [1.807, 2.05) is 6.92 Å². The van der Waals surface area contributed by atoms with Crippen LogP contribution in [-0.4, -0.2) is 93.5 Å². The number of hydrogen-bond donors (Lipinski definition) is 5. The number of carboxylic acid groups (broad SMARTS) is 1. The number of allylic oxidation sites excluding steroid dienone is 1. The number of nitrogens with two attached hydrogens (primary N) is 1. The number of amides is 4. The van der Waals surface area contributed by atoms with Crippen LogP contribution in [0, 0.1) is 0 Å². The number of H-pyrrole nitrogens is 1. The molecule has 20 heteroatoms. The van der Waals surface area contributed by atoms with Crippen molar-refractivity contribution in [2.75, 3.05) is 28.3 Å². The largest absolute Gasteiger partial charge is 0.477 e. The third kappa shape index (κ3) is 6.27. The SMILES string of the molecule is CC=CCNc1ncc(N(C(N)=O)C(C(=O)NC2C(=O)N3C(C(=O)O)=C(CSc4nnnn4C)CS[C@@H]23)c2ccco2)c(=O)[nH]1. The van der Waals surface area contributed by atoms with Gasteiger partial charge in [-0.1, -0.05) is 23.9 Å². The van der Waals surface area contributed by atoms with Crippen molar-refractivity contribution in [1.29, 1.82) is 0 Å². The molecule has 2 aliphatic rings. The molecule has 18 nitrogen and oxygen atoms in total. The zero-order valence-electron chi connectivity index (χ0n) is 23.7. The van der Waals surface area contributed by atoms with Crippen molar-refractivity contribution in [1.82, 2.24) is 40.4 Å². The summed E-state index contributed by atoms with van der Waals surface area (Å²) in [5.74, 6) is -2.32. The molecule has 1 saturated heterocycles. The Bertz CT molecular complexity index is 1740. The third-order valence-corrected chi connectivity index (χ3v) is 9.16. The van der Waals surface area contributed by atoms with Gasteiger partial charge >= 0.3 is 12.0 Å². The van der Waals surface area contributed by atoms with Crippen LogP contribution in [-0.2, 0) is 21.4 Å². The molecule has 3 aromatic heterocycles. The number of nitrogens with zero attached hydrogens (tertiary/aromatic N) is 7. The van der Waals surface area contributed by atoms with E-state index in [0.717, 1.165) is 11.1 Å². The lowest BCUT2D eigenvalue weighted by Gasteiger charge is -2.49. The summed E-state index contributed by atoms with van der Waals surface area (Å²) in [6.07, 6.45) is 5.94. The average Bonchev–Trinajstić information content (AvgIpc) is 3.69. The number of primary amides is 1. The number of aromatic nitrogens is 6. The van der Waals surface area contributed by atoms with Crippen LogP contribution >= 0.6 is 23.5 Å². The van der Waals surface area contributed by atoms with E-state index in [1.54, 1.807) is 19.2 Å². The summed E-state index contributed by atoms with van der Waals surface area (Å²) >= 11 is 2.48. The van der Waals surface area contributed by atoms with Crippen molar-refractivity contribution in [2.45, 2.75) is 29.5 Å². The molecule has 5 heterocycles. The van der Waals surface area contributed by atoms with Crippen LogP contribution in [0.25, 0.3) is 0 Å². The van der Waals surface area contributed by atoms with Gasteiger partial charge in [-0.25, -0.2) is 19.3 Å². The summed E-state index contributed by atoms with van der Waals surface area (Å²) in [6.45, 7) is 2.20. The van der Waals surface area contributed by atoms with Gasteiger partial charge in [-0.2, -0.15) is 0 Å². The number of urea groups is 1. The molecule has 1 fully saturated rings. The smallest absolute Gasteiger partial charge is 0.352 e. The first kappa shape index (κ1) is 31.3. The fourth-order valence-electron chi connectivity index (χ4n) is 4.65. The Morgan fingerprint density at radius 3 is 2.80 bits per heavy atom. The van der Waals surface area contributed by atoms with Crippen LogP contribution in [0.5, 0.6) is 0 Å². The van der Waals surface area contributed by atoms with Gasteiger partial charge in [0, 0.05) is 25.1 Å². The van der Waals surface area contributed by atoms with Crippen molar-refractivity contribution < 1.29 is 28.7 Å². The molecular formula is C25H27N11O7S2. The van der Waals surface area contributed by atoms with Crippen LogP contribution < -0.4 is 26.8 Å². The van der Waals surface area contributed by atoms with Gasteiger partial charge in [0.05, 0.1) is 12.5 Å². The maximum atomic E-state index is 13.8. The van der Waals surface area contributed by atoms with Crippen LogP contribution in [0.4, 0.5) is 16.4 Å². The van der Waals surface area contributed by atoms with E-state index in [0.29, 0.717) is 22.2 Å². The number of anilines is 2. The second-order valence-electron chi connectivity index (χ2n) is 9.55. The normalized spacial score (nSPS) is 18.4. The molecule has 236 valence electrons. The van der Waals surface area contributed by atoms with Crippen molar-refractivity contribution in [3.05, 3.63) is 64.1 Å².